The third-order valence-electron chi connectivity index (χ3n) is 3.04. The van der Waals surface area contributed by atoms with Crippen molar-refractivity contribution in [3.63, 3.8) is 0 Å². The van der Waals surface area contributed by atoms with Crippen LogP contribution in [0.2, 0.25) is 0 Å². The molecule has 1 amide bonds. The topological polar surface area (TPSA) is 72.4 Å². The maximum absolute atomic E-state index is 12.4. The molecule has 0 unspecified atom stereocenters. The molecule has 0 aliphatic rings. The van der Waals surface area contributed by atoms with E-state index < -0.39 is 5.97 Å². The summed E-state index contributed by atoms with van der Waals surface area (Å²) in [6.45, 7) is 2.15. The number of methoxy groups -OCH3 is 1. The quantitative estimate of drug-likeness (QED) is 0.786. The molecule has 110 valence electrons. The average molecular weight is 305 g/mol. The Labute approximate surface area is 126 Å². The number of esters is 1. The predicted octanol–water partition coefficient (Wildman–Crippen LogP) is 1.66. The zero-order valence-corrected chi connectivity index (χ0v) is 12.6. The molecule has 0 saturated heterocycles. The lowest BCUT2D eigenvalue weighted by molar-refractivity contribution is -0.141. The number of amides is 1. The fourth-order valence-corrected chi connectivity index (χ4v) is 2.24. The lowest BCUT2D eigenvalue weighted by Gasteiger charge is -2.21. The Bertz CT molecular complexity index is 628. The van der Waals surface area contributed by atoms with E-state index in [0.29, 0.717) is 6.54 Å². The number of rotatable bonds is 5. The highest BCUT2D eigenvalue weighted by molar-refractivity contribution is 6.99. The second-order valence-corrected chi connectivity index (χ2v) is 5.01. The fourth-order valence-electron chi connectivity index (χ4n) is 1.83. The van der Waals surface area contributed by atoms with Gasteiger partial charge in [0.1, 0.15) is 6.54 Å². The number of aryl methyl sites for hydroxylation is 1. The van der Waals surface area contributed by atoms with E-state index in [1.807, 2.05) is 31.2 Å². The molecule has 0 aliphatic carbocycles. The second-order valence-electron chi connectivity index (χ2n) is 4.46. The molecule has 0 saturated carbocycles. The molecule has 2 aromatic rings. The number of aromatic nitrogens is 2. The Kier molecular flexibility index (Phi) is 4.99. The fraction of sp³-hybridized carbons (Fsp3) is 0.286. The smallest absolute Gasteiger partial charge is 0.325 e. The molecule has 7 heteroatoms. The summed E-state index contributed by atoms with van der Waals surface area (Å²) in [7, 11) is 1.29. The highest BCUT2D eigenvalue weighted by Gasteiger charge is 2.22. The van der Waals surface area contributed by atoms with Crippen LogP contribution in [0.15, 0.2) is 30.5 Å². The Balaban J connectivity index is 2.22. The van der Waals surface area contributed by atoms with Crippen molar-refractivity contribution in [1.82, 2.24) is 13.6 Å². The molecule has 0 fully saturated rings. The molecule has 21 heavy (non-hydrogen) atoms. The van der Waals surface area contributed by atoms with Gasteiger partial charge in [-0.25, -0.2) is 0 Å². The standard InChI is InChI=1S/C14H15N3O3S/c1-10-5-3-4-6-11(10)8-17(9-13(18)20-2)14(19)12-7-15-21-16-12/h3-7H,8-9H2,1-2H3. The first kappa shape index (κ1) is 15.1. The normalized spacial score (nSPS) is 10.2. The molecule has 0 atom stereocenters. The highest BCUT2D eigenvalue weighted by Crippen LogP contribution is 2.13. The largest absolute Gasteiger partial charge is 0.468 e. The summed E-state index contributed by atoms with van der Waals surface area (Å²) in [5.74, 6) is -0.808. The monoisotopic (exact) mass is 305 g/mol. The van der Waals surface area contributed by atoms with E-state index in [1.165, 1.54) is 18.2 Å². The van der Waals surface area contributed by atoms with Gasteiger partial charge in [-0.15, -0.1) is 0 Å². The van der Waals surface area contributed by atoms with Crippen LogP contribution < -0.4 is 0 Å². The summed E-state index contributed by atoms with van der Waals surface area (Å²) in [5, 5.41) is 0. The molecule has 0 aliphatic heterocycles. The number of nitrogens with zero attached hydrogens (tertiary/aromatic N) is 3. The summed E-state index contributed by atoms with van der Waals surface area (Å²) in [6.07, 6.45) is 1.40. The highest BCUT2D eigenvalue weighted by atomic mass is 32.1. The maximum Gasteiger partial charge on any atom is 0.325 e. The van der Waals surface area contributed by atoms with Crippen LogP contribution in [0, 0.1) is 6.92 Å². The van der Waals surface area contributed by atoms with Crippen molar-refractivity contribution in [3.8, 4) is 0 Å². The summed E-state index contributed by atoms with van der Waals surface area (Å²) < 4.78 is 12.4. The molecule has 0 radical (unpaired) electrons. The van der Waals surface area contributed by atoms with Crippen LogP contribution in [-0.4, -0.2) is 39.2 Å². The molecule has 1 heterocycles. The Morgan fingerprint density at radius 2 is 2.10 bits per heavy atom. The molecule has 2 rings (SSSR count). The van der Waals surface area contributed by atoms with Crippen molar-refractivity contribution >= 4 is 23.6 Å². The molecular formula is C14H15N3O3S. The van der Waals surface area contributed by atoms with E-state index in [0.717, 1.165) is 22.9 Å². The molecule has 1 aromatic carbocycles. The summed E-state index contributed by atoms with van der Waals surface area (Å²) in [4.78, 5) is 25.3. The number of benzene rings is 1. The molecular weight excluding hydrogens is 290 g/mol. The average Bonchev–Trinajstić information content (AvgIpc) is 3.02. The number of hydrogen-bond donors (Lipinski definition) is 0. The number of carbonyl (C=O) groups is 2. The van der Waals surface area contributed by atoms with Gasteiger partial charge < -0.3 is 9.64 Å². The van der Waals surface area contributed by atoms with Crippen molar-refractivity contribution in [2.45, 2.75) is 13.5 Å². The van der Waals surface area contributed by atoms with Crippen molar-refractivity contribution < 1.29 is 14.3 Å². The van der Waals surface area contributed by atoms with E-state index in [9.17, 15) is 9.59 Å². The maximum atomic E-state index is 12.4. The van der Waals surface area contributed by atoms with Crippen molar-refractivity contribution in [3.05, 3.63) is 47.3 Å². The molecule has 0 bridgehead atoms. The van der Waals surface area contributed by atoms with E-state index in [-0.39, 0.29) is 18.1 Å². The van der Waals surface area contributed by atoms with Crippen molar-refractivity contribution in [1.29, 1.82) is 0 Å². The van der Waals surface area contributed by atoms with E-state index in [1.54, 1.807) is 0 Å². The third-order valence-corrected chi connectivity index (χ3v) is 3.52. The molecule has 0 N–H and O–H groups in total. The lowest BCUT2D eigenvalue weighted by atomic mass is 10.1. The summed E-state index contributed by atoms with van der Waals surface area (Å²) in [5.41, 5.74) is 2.26. The van der Waals surface area contributed by atoms with Gasteiger partial charge in [-0.1, -0.05) is 24.3 Å². The van der Waals surface area contributed by atoms with Gasteiger partial charge in [0.2, 0.25) is 0 Å². The minimum absolute atomic E-state index is 0.124. The Hall–Kier alpha value is -2.28. The summed E-state index contributed by atoms with van der Waals surface area (Å²) >= 11 is 0.956. The zero-order chi connectivity index (χ0) is 15.2. The van der Waals surface area contributed by atoms with E-state index >= 15 is 0 Å². The van der Waals surface area contributed by atoms with Gasteiger partial charge in [0.25, 0.3) is 5.91 Å². The van der Waals surface area contributed by atoms with Gasteiger partial charge in [-0.2, -0.15) is 8.75 Å². The molecule has 0 spiro atoms. The molecule has 6 nitrogen and oxygen atoms in total. The van der Waals surface area contributed by atoms with Crippen LogP contribution in [0.25, 0.3) is 0 Å². The van der Waals surface area contributed by atoms with Crippen LogP contribution in [0.4, 0.5) is 0 Å². The SMILES string of the molecule is COC(=O)CN(Cc1ccccc1C)C(=O)c1cnsn1. The summed E-state index contributed by atoms with van der Waals surface area (Å²) in [6, 6.07) is 7.70. The Morgan fingerprint density at radius 3 is 2.71 bits per heavy atom. The third kappa shape index (κ3) is 3.85. The van der Waals surface area contributed by atoms with Crippen molar-refractivity contribution in [2.24, 2.45) is 0 Å². The van der Waals surface area contributed by atoms with Crippen LogP contribution in [0.1, 0.15) is 21.6 Å². The van der Waals surface area contributed by atoms with Gasteiger partial charge in [-0.3, -0.25) is 9.59 Å². The van der Waals surface area contributed by atoms with Crippen molar-refractivity contribution in [2.75, 3.05) is 13.7 Å². The first-order valence-electron chi connectivity index (χ1n) is 6.30. The number of hydrogen-bond acceptors (Lipinski definition) is 6. The van der Waals surface area contributed by atoms with Gasteiger partial charge in [0.05, 0.1) is 25.0 Å². The van der Waals surface area contributed by atoms with Crippen LogP contribution >= 0.6 is 11.7 Å². The second kappa shape index (κ2) is 6.94. The Morgan fingerprint density at radius 1 is 1.33 bits per heavy atom. The van der Waals surface area contributed by atoms with Gasteiger partial charge in [0, 0.05) is 6.54 Å². The van der Waals surface area contributed by atoms with Crippen LogP contribution in [0.5, 0.6) is 0 Å². The molecule has 1 aromatic heterocycles. The number of ether oxygens (including phenoxy) is 1. The first-order valence-corrected chi connectivity index (χ1v) is 7.03. The lowest BCUT2D eigenvalue weighted by Crippen LogP contribution is -2.36. The van der Waals surface area contributed by atoms with Crippen LogP contribution in [-0.2, 0) is 16.1 Å². The van der Waals surface area contributed by atoms with Crippen LogP contribution in [0.3, 0.4) is 0 Å². The number of carbonyl (C=O) groups excluding carboxylic acids is 2. The van der Waals surface area contributed by atoms with E-state index in [2.05, 4.69) is 13.5 Å². The zero-order valence-electron chi connectivity index (χ0n) is 11.8. The predicted molar refractivity (Wildman–Crippen MR) is 77.8 cm³/mol. The first-order chi connectivity index (χ1) is 10.1. The van der Waals surface area contributed by atoms with E-state index in [4.69, 9.17) is 0 Å². The minimum atomic E-state index is -0.472. The minimum Gasteiger partial charge on any atom is -0.468 e. The van der Waals surface area contributed by atoms with Gasteiger partial charge in [0.15, 0.2) is 5.69 Å². The van der Waals surface area contributed by atoms with Gasteiger partial charge >= 0.3 is 5.97 Å². The van der Waals surface area contributed by atoms with Gasteiger partial charge in [-0.05, 0) is 18.1 Å².